The molecule has 1 amide bonds. The lowest BCUT2D eigenvalue weighted by Crippen LogP contribution is -2.32. The van der Waals surface area contributed by atoms with Crippen molar-refractivity contribution in [2.45, 2.75) is 51.7 Å². The molecule has 1 fully saturated rings. The minimum atomic E-state index is -4.47. The summed E-state index contributed by atoms with van der Waals surface area (Å²) in [6, 6.07) is 19.0. The number of carbonyl (C=O) groups excluding carboxylic acids is 1. The fourth-order valence-corrected chi connectivity index (χ4v) is 5.16. The number of nitrogens with one attached hydrogen (secondary N) is 1. The SMILES string of the molecule is CCc1nc2cc(C(F)(F)F)ccn2c1C(=O)NCc1ccc(N2CCC(c3ccc(C)cc3)CC2)cc1. The largest absolute Gasteiger partial charge is 0.416 e. The standard InChI is InChI=1S/C30H31F3N4O/c1-3-26-28(37-17-14-24(30(31,32)33)18-27(37)35-26)29(38)34-19-21-6-10-25(11-7-21)36-15-12-23(13-16-36)22-8-4-20(2)5-9-22/h4-11,14,17-18,23H,3,12-13,15-16,19H2,1-2H3,(H,34,38). The Morgan fingerprint density at radius 3 is 2.34 bits per heavy atom. The Morgan fingerprint density at radius 2 is 1.71 bits per heavy atom. The van der Waals surface area contributed by atoms with Gasteiger partial charge in [-0.3, -0.25) is 9.20 Å². The molecule has 0 bridgehead atoms. The van der Waals surface area contributed by atoms with Gasteiger partial charge in [-0.2, -0.15) is 13.2 Å². The molecule has 4 aromatic rings. The molecule has 3 heterocycles. The molecule has 1 aliphatic heterocycles. The first-order chi connectivity index (χ1) is 18.2. The number of benzene rings is 2. The van der Waals surface area contributed by atoms with Gasteiger partial charge in [0, 0.05) is 31.5 Å². The number of aryl methyl sites for hydroxylation is 2. The normalized spacial score (nSPS) is 14.7. The highest BCUT2D eigenvalue weighted by Crippen LogP contribution is 2.32. The average molecular weight is 521 g/mol. The fraction of sp³-hybridized carbons (Fsp3) is 0.333. The molecule has 198 valence electrons. The smallest absolute Gasteiger partial charge is 0.371 e. The van der Waals surface area contributed by atoms with Gasteiger partial charge in [0.2, 0.25) is 0 Å². The highest BCUT2D eigenvalue weighted by molar-refractivity contribution is 5.94. The third-order valence-electron chi connectivity index (χ3n) is 7.37. The van der Waals surface area contributed by atoms with Crippen molar-refractivity contribution in [2.75, 3.05) is 18.0 Å². The monoisotopic (exact) mass is 520 g/mol. The molecule has 0 unspecified atom stereocenters. The molecule has 8 heteroatoms. The van der Waals surface area contributed by atoms with Gasteiger partial charge in [-0.1, -0.05) is 48.9 Å². The Bertz CT molecular complexity index is 1420. The molecule has 1 N–H and O–H groups in total. The Hall–Kier alpha value is -3.81. The van der Waals surface area contributed by atoms with Gasteiger partial charge in [-0.05, 0) is 67.5 Å². The van der Waals surface area contributed by atoms with E-state index >= 15 is 0 Å². The number of amides is 1. The molecule has 0 radical (unpaired) electrons. The van der Waals surface area contributed by atoms with Crippen LogP contribution in [0.25, 0.3) is 5.65 Å². The van der Waals surface area contributed by atoms with Crippen LogP contribution in [-0.2, 0) is 19.1 Å². The van der Waals surface area contributed by atoms with Crippen molar-refractivity contribution in [3.8, 4) is 0 Å². The van der Waals surface area contributed by atoms with Crippen molar-refractivity contribution in [2.24, 2.45) is 0 Å². The first-order valence-corrected chi connectivity index (χ1v) is 13.0. The van der Waals surface area contributed by atoms with Crippen LogP contribution in [0.3, 0.4) is 0 Å². The maximum Gasteiger partial charge on any atom is 0.416 e. The van der Waals surface area contributed by atoms with Crippen molar-refractivity contribution < 1.29 is 18.0 Å². The van der Waals surface area contributed by atoms with Gasteiger partial charge in [0.15, 0.2) is 0 Å². The molecule has 38 heavy (non-hydrogen) atoms. The lowest BCUT2D eigenvalue weighted by atomic mass is 9.89. The number of nitrogens with zero attached hydrogens (tertiary/aromatic N) is 3. The summed E-state index contributed by atoms with van der Waals surface area (Å²) in [6.45, 7) is 6.24. The summed E-state index contributed by atoms with van der Waals surface area (Å²) in [5, 5.41) is 2.90. The second-order valence-electron chi connectivity index (χ2n) is 9.92. The van der Waals surface area contributed by atoms with Crippen molar-refractivity contribution in [1.82, 2.24) is 14.7 Å². The number of hydrogen-bond acceptors (Lipinski definition) is 3. The van der Waals surface area contributed by atoms with Crippen molar-refractivity contribution in [3.05, 3.63) is 101 Å². The molecular weight excluding hydrogens is 489 g/mol. The molecule has 0 aliphatic carbocycles. The van der Waals surface area contributed by atoms with Crippen LogP contribution in [-0.4, -0.2) is 28.4 Å². The van der Waals surface area contributed by atoms with Crippen LogP contribution in [0.2, 0.25) is 0 Å². The number of anilines is 1. The van der Waals surface area contributed by atoms with Crippen LogP contribution in [0, 0.1) is 6.92 Å². The molecule has 1 aliphatic rings. The van der Waals surface area contributed by atoms with Crippen molar-refractivity contribution in [3.63, 3.8) is 0 Å². The number of rotatable bonds is 6. The van der Waals surface area contributed by atoms with E-state index in [9.17, 15) is 18.0 Å². The summed E-state index contributed by atoms with van der Waals surface area (Å²) in [5.74, 6) is 0.227. The first-order valence-electron chi connectivity index (χ1n) is 13.0. The summed E-state index contributed by atoms with van der Waals surface area (Å²) in [5.41, 5.74) is 4.86. The van der Waals surface area contributed by atoms with Gasteiger partial charge in [0.05, 0.1) is 11.3 Å². The van der Waals surface area contributed by atoms with Gasteiger partial charge in [0.1, 0.15) is 11.3 Å². The summed E-state index contributed by atoms with van der Waals surface area (Å²) in [6.07, 6.45) is -0.544. The van der Waals surface area contributed by atoms with E-state index in [1.54, 1.807) is 0 Å². The van der Waals surface area contributed by atoms with E-state index in [-0.39, 0.29) is 17.2 Å². The second-order valence-corrected chi connectivity index (χ2v) is 9.92. The Morgan fingerprint density at radius 1 is 1.03 bits per heavy atom. The number of aromatic nitrogens is 2. The number of imidazole rings is 1. The third-order valence-corrected chi connectivity index (χ3v) is 7.37. The highest BCUT2D eigenvalue weighted by atomic mass is 19.4. The zero-order valence-corrected chi connectivity index (χ0v) is 21.6. The summed E-state index contributed by atoms with van der Waals surface area (Å²) in [7, 11) is 0. The van der Waals surface area contributed by atoms with E-state index in [1.807, 2.05) is 19.1 Å². The predicted molar refractivity (Wildman–Crippen MR) is 143 cm³/mol. The van der Waals surface area contributed by atoms with E-state index in [1.165, 1.54) is 21.7 Å². The van der Waals surface area contributed by atoms with Gasteiger partial charge >= 0.3 is 6.18 Å². The molecule has 1 saturated heterocycles. The zero-order valence-electron chi connectivity index (χ0n) is 21.6. The Balaban J connectivity index is 1.21. The number of carbonyl (C=O) groups is 1. The summed E-state index contributed by atoms with van der Waals surface area (Å²) >= 11 is 0. The number of halogens is 3. The maximum absolute atomic E-state index is 13.1. The molecule has 0 saturated carbocycles. The van der Waals surface area contributed by atoms with Crippen LogP contribution in [0.4, 0.5) is 18.9 Å². The van der Waals surface area contributed by atoms with Crippen LogP contribution in [0.5, 0.6) is 0 Å². The van der Waals surface area contributed by atoms with E-state index < -0.39 is 11.7 Å². The van der Waals surface area contributed by atoms with Crippen LogP contribution < -0.4 is 10.2 Å². The zero-order chi connectivity index (χ0) is 26.9. The van der Waals surface area contributed by atoms with Crippen molar-refractivity contribution >= 4 is 17.2 Å². The summed E-state index contributed by atoms with van der Waals surface area (Å²) < 4.78 is 40.7. The minimum Gasteiger partial charge on any atom is -0.371 e. The molecule has 0 spiro atoms. The van der Waals surface area contributed by atoms with E-state index in [4.69, 9.17) is 0 Å². The average Bonchev–Trinajstić information content (AvgIpc) is 3.30. The topological polar surface area (TPSA) is 49.6 Å². The molecule has 2 aromatic heterocycles. The molecule has 2 aromatic carbocycles. The van der Waals surface area contributed by atoms with E-state index in [0.29, 0.717) is 24.6 Å². The van der Waals surface area contributed by atoms with E-state index in [0.717, 1.165) is 49.3 Å². The predicted octanol–water partition coefficient (Wildman–Crippen LogP) is 6.54. The van der Waals surface area contributed by atoms with Crippen LogP contribution in [0.15, 0.2) is 66.9 Å². The third kappa shape index (κ3) is 5.39. The quantitative estimate of drug-likeness (QED) is 0.314. The molecular formula is C30H31F3N4O. The molecule has 5 rings (SSSR count). The van der Waals surface area contributed by atoms with Gasteiger partial charge in [0.25, 0.3) is 5.91 Å². The number of hydrogen-bond donors (Lipinski definition) is 1. The maximum atomic E-state index is 13.1. The van der Waals surface area contributed by atoms with Gasteiger partial charge < -0.3 is 10.2 Å². The lowest BCUT2D eigenvalue weighted by molar-refractivity contribution is -0.137. The van der Waals surface area contributed by atoms with Crippen LogP contribution in [0.1, 0.15) is 64.1 Å². The first kappa shape index (κ1) is 25.8. The number of fused-ring (bicyclic) bond motifs is 1. The number of alkyl halides is 3. The molecule has 5 nitrogen and oxygen atoms in total. The van der Waals surface area contributed by atoms with Gasteiger partial charge in [-0.15, -0.1) is 0 Å². The second kappa shape index (κ2) is 10.5. The summed E-state index contributed by atoms with van der Waals surface area (Å²) in [4.78, 5) is 19.7. The fourth-order valence-electron chi connectivity index (χ4n) is 5.16. The highest BCUT2D eigenvalue weighted by Gasteiger charge is 2.31. The van der Waals surface area contributed by atoms with Crippen LogP contribution >= 0.6 is 0 Å². The Kier molecular flexibility index (Phi) is 7.15. The van der Waals surface area contributed by atoms with Gasteiger partial charge in [-0.25, -0.2) is 4.98 Å². The number of piperidine rings is 1. The lowest BCUT2D eigenvalue weighted by Gasteiger charge is -2.34. The van der Waals surface area contributed by atoms with E-state index in [2.05, 4.69) is 58.5 Å². The van der Waals surface area contributed by atoms with Crippen molar-refractivity contribution in [1.29, 1.82) is 0 Å². The Labute approximate surface area is 220 Å². The molecule has 0 atom stereocenters. The minimum absolute atomic E-state index is 0.109. The number of pyridine rings is 1.